The molecule has 112 valence electrons. The number of benzene rings is 2. The van der Waals surface area contributed by atoms with Gasteiger partial charge in [-0.05, 0) is 30.3 Å². The Hall–Kier alpha value is -2.41. The van der Waals surface area contributed by atoms with Crippen LogP contribution < -0.4 is 0 Å². The smallest absolute Gasteiger partial charge is 0.416 e. The van der Waals surface area contributed by atoms with Crippen LogP contribution in [0.3, 0.4) is 0 Å². The van der Waals surface area contributed by atoms with Crippen molar-refractivity contribution in [2.24, 2.45) is 0 Å². The van der Waals surface area contributed by atoms with Gasteiger partial charge in [0.05, 0.1) is 21.3 Å². The Bertz CT molecular complexity index is 871. The van der Waals surface area contributed by atoms with Crippen molar-refractivity contribution in [3.05, 3.63) is 53.6 Å². The SMILES string of the molecule is O=C(O)c1ccc2nc(-c3cccc(C(F)(F)F)c3)sc2c1. The van der Waals surface area contributed by atoms with Crippen LogP contribution in [0.2, 0.25) is 0 Å². The highest BCUT2D eigenvalue weighted by atomic mass is 32.1. The molecule has 0 bridgehead atoms. The van der Waals surface area contributed by atoms with E-state index in [1.54, 1.807) is 12.1 Å². The fourth-order valence-corrected chi connectivity index (χ4v) is 3.01. The number of carboxylic acids is 1. The third-order valence-corrected chi connectivity index (χ3v) is 4.14. The van der Waals surface area contributed by atoms with E-state index in [1.165, 1.54) is 18.2 Å². The minimum absolute atomic E-state index is 0.117. The summed E-state index contributed by atoms with van der Waals surface area (Å²) in [6.07, 6.45) is -4.41. The average Bonchev–Trinajstić information content (AvgIpc) is 2.89. The lowest BCUT2D eigenvalue weighted by atomic mass is 10.1. The molecule has 0 aliphatic carbocycles. The zero-order valence-corrected chi connectivity index (χ0v) is 11.7. The van der Waals surface area contributed by atoms with Gasteiger partial charge in [0.15, 0.2) is 0 Å². The maximum atomic E-state index is 12.7. The van der Waals surface area contributed by atoms with Crippen molar-refractivity contribution in [1.29, 1.82) is 0 Å². The van der Waals surface area contributed by atoms with Crippen LogP contribution in [0.4, 0.5) is 13.2 Å². The third kappa shape index (κ3) is 2.67. The molecule has 2 aromatic carbocycles. The number of aromatic carboxylic acids is 1. The summed E-state index contributed by atoms with van der Waals surface area (Å²) in [5.41, 5.74) is 0.289. The van der Waals surface area contributed by atoms with Crippen LogP contribution in [0.1, 0.15) is 15.9 Å². The first-order valence-corrected chi connectivity index (χ1v) is 6.98. The molecule has 0 saturated heterocycles. The predicted molar refractivity (Wildman–Crippen MR) is 77.0 cm³/mol. The van der Waals surface area contributed by atoms with Gasteiger partial charge >= 0.3 is 12.1 Å². The van der Waals surface area contributed by atoms with Crippen LogP contribution in [-0.2, 0) is 6.18 Å². The summed E-state index contributed by atoms with van der Waals surface area (Å²) < 4.78 is 38.9. The number of alkyl halides is 3. The molecule has 0 aliphatic rings. The predicted octanol–water partition coefficient (Wildman–Crippen LogP) is 4.68. The van der Waals surface area contributed by atoms with Crippen LogP contribution in [0.5, 0.6) is 0 Å². The molecular weight excluding hydrogens is 315 g/mol. The fourth-order valence-electron chi connectivity index (χ4n) is 2.01. The number of nitrogens with zero attached hydrogens (tertiary/aromatic N) is 1. The van der Waals surface area contributed by atoms with Crippen molar-refractivity contribution >= 4 is 27.5 Å². The molecule has 0 aliphatic heterocycles. The highest BCUT2D eigenvalue weighted by Gasteiger charge is 2.30. The Morgan fingerprint density at radius 3 is 2.59 bits per heavy atom. The Morgan fingerprint density at radius 2 is 1.91 bits per heavy atom. The maximum Gasteiger partial charge on any atom is 0.416 e. The lowest BCUT2D eigenvalue weighted by molar-refractivity contribution is -0.137. The van der Waals surface area contributed by atoms with Gasteiger partial charge in [-0.3, -0.25) is 0 Å². The molecule has 0 unspecified atom stereocenters. The van der Waals surface area contributed by atoms with Crippen LogP contribution in [0.25, 0.3) is 20.8 Å². The van der Waals surface area contributed by atoms with E-state index in [4.69, 9.17) is 5.11 Å². The number of aromatic nitrogens is 1. The third-order valence-electron chi connectivity index (χ3n) is 3.07. The summed E-state index contributed by atoms with van der Waals surface area (Å²) in [4.78, 5) is 15.2. The summed E-state index contributed by atoms with van der Waals surface area (Å²) in [5.74, 6) is -1.06. The van der Waals surface area contributed by atoms with Gasteiger partial charge in [-0.25, -0.2) is 9.78 Å². The van der Waals surface area contributed by atoms with Gasteiger partial charge < -0.3 is 5.11 Å². The quantitative estimate of drug-likeness (QED) is 0.745. The van der Waals surface area contributed by atoms with Crippen molar-refractivity contribution in [1.82, 2.24) is 4.98 Å². The lowest BCUT2D eigenvalue weighted by Gasteiger charge is -2.07. The number of halogens is 3. The average molecular weight is 323 g/mol. The van der Waals surface area contributed by atoms with Gasteiger partial charge in [0.25, 0.3) is 0 Å². The normalized spacial score (nSPS) is 11.8. The molecule has 0 atom stereocenters. The minimum Gasteiger partial charge on any atom is -0.478 e. The minimum atomic E-state index is -4.41. The standard InChI is InChI=1S/C15H8F3NO2S/c16-15(17,18)10-3-1-2-8(6-10)13-19-11-5-4-9(14(20)21)7-12(11)22-13/h1-7H,(H,20,21). The number of carbonyl (C=O) groups is 1. The van der Waals surface area contributed by atoms with E-state index in [-0.39, 0.29) is 5.56 Å². The van der Waals surface area contributed by atoms with Gasteiger partial charge in [-0.2, -0.15) is 13.2 Å². The number of carboxylic acid groups (broad SMARTS) is 1. The lowest BCUT2D eigenvalue weighted by Crippen LogP contribution is -2.04. The summed E-state index contributed by atoms with van der Waals surface area (Å²) in [7, 11) is 0. The van der Waals surface area contributed by atoms with Gasteiger partial charge in [0, 0.05) is 5.56 Å². The molecule has 0 fully saturated rings. The number of rotatable bonds is 2. The molecule has 3 rings (SSSR count). The summed E-state index contributed by atoms with van der Waals surface area (Å²) in [6, 6.07) is 9.34. The van der Waals surface area contributed by atoms with Crippen LogP contribution in [0, 0.1) is 0 Å². The van der Waals surface area contributed by atoms with Crippen LogP contribution in [-0.4, -0.2) is 16.1 Å². The van der Waals surface area contributed by atoms with Gasteiger partial charge in [-0.15, -0.1) is 11.3 Å². The summed E-state index contributed by atoms with van der Waals surface area (Å²) >= 11 is 1.16. The second kappa shape index (κ2) is 5.10. The largest absolute Gasteiger partial charge is 0.478 e. The Labute approximate surface area is 126 Å². The van der Waals surface area contributed by atoms with Gasteiger partial charge in [-0.1, -0.05) is 12.1 Å². The molecule has 0 amide bonds. The summed E-state index contributed by atoms with van der Waals surface area (Å²) in [5, 5.41) is 9.37. The van der Waals surface area contributed by atoms with E-state index in [9.17, 15) is 18.0 Å². The Kier molecular flexibility index (Phi) is 3.37. The van der Waals surface area contributed by atoms with Crippen LogP contribution >= 0.6 is 11.3 Å². The number of fused-ring (bicyclic) bond motifs is 1. The monoisotopic (exact) mass is 323 g/mol. The van der Waals surface area contributed by atoms with E-state index in [0.29, 0.717) is 20.8 Å². The first-order valence-electron chi connectivity index (χ1n) is 6.16. The fraction of sp³-hybridized carbons (Fsp3) is 0.0667. The second-order valence-corrected chi connectivity index (χ2v) is 5.62. The molecule has 0 radical (unpaired) electrons. The van der Waals surface area contributed by atoms with Crippen molar-refractivity contribution in [3.8, 4) is 10.6 Å². The van der Waals surface area contributed by atoms with E-state index >= 15 is 0 Å². The van der Waals surface area contributed by atoms with Crippen molar-refractivity contribution < 1.29 is 23.1 Å². The molecule has 3 nitrogen and oxygen atoms in total. The number of thiazole rings is 1. The van der Waals surface area contributed by atoms with Crippen molar-refractivity contribution in [2.45, 2.75) is 6.18 Å². The zero-order chi connectivity index (χ0) is 15.9. The highest BCUT2D eigenvalue weighted by molar-refractivity contribution is 7.21. The second-order valence-electron chi connectivity index (χ2n) is 4.59. The maximum absolute atomic E-state index is 12.7. The number of hydrogen-bond donors (Lipinski definition) is 1. The first-order chi connectivity index (χ1) is 10.3. The van der Waals surface area contributed by atoms with Crippen molar-refractivity contribution in [2.75, 3.05) is 0 Å². The topological polar surface area (TPSA) is 50.2 Å². The number of hydrogen-bond acceptors (Lipinski definition) is 3. The highest BCUT2D eigenvalue weighted by Crippen LogP contribution is 2.35. The Balaban J connectivity index is 2.09. The molecule has 22 heavy (non-hydrogen) atoms. The molecule has 1 N–H and O–H groups in total. The van der Waals surface area contributed by atoms with Crippen molar-refractivity contribution in [3.63, 3.8) is 0 Å². The molecule has 0 saturated carbocycles. The molecule has 1 heterocycles. The molecule has 3 aromatic rings. The summed E-state index contributed by atoms with van der Waals surface area (Å²) in [6.45, 7) is 0. The van der Waals surface area contributed by atoms with E-state index in [2.05, 4.69) is 4.98 Å². The molecule has 7 heteroatoms. The Morgan fingerprint density at radius 1 is 1.14 bits per heavy atom. The van der Waals surface area contributed by atoms with E-state index < -0.39 is 17.7 Å². The molecule has 1 aromatic heterocycles. The molecule has 0 spiro atoms. The zero-order valence-electron chi connectivity index (χ0n) is 10.9. The van der Waals surface area contributed by atoms with Gasteiger partial charge in [0.1, 0.15) is 5.01 Å². The van der Waals surface area contributed by atoms with Gasteiger partial charge in [0.2, 0.25) is 0 Å². The van der Waals surface area contributed by atoms with E-state index in [1.807, 2.05) is 0 Å². The van der Waals surface area contributed by atoms with E-state index in [0.717, 1.165) is 23.5 Å². The first kappa shape index (κ1) is 14.5. The van der Waals surface area contributed by atoms with Crippen LogP contribution in [0.15, 0.2) is 42.5 Å². The molecular formula is C15H8F3NO2S.